The van der Waals surface area contributed by atoms with E-state index in [1.165, 1.54) is 12.1 Å². The van der Waals surface area contributed by atoms with Gasteiger partial charge < -0.3 is 5.32 Å². The Labute approximate surface area is 120 Å². The molecule has 0 aliphatic carbocycles. The van der Waals surface area contributed by atoms with Gasteiger partial charge in [-0.15, -0.1) is 0 Å². The molecule has 2 rings (SSSR count). The minimum absolute atomic E-state index is 0.0953. The third kappa shape index (κ3) is 2.97. The third-order valence-corrected chi connectivity index (χ3v) is 3.37. The number of hydrogen-bond acceptors (Lipinski definition) is 1. The van der Waals surface area contributed by atoms with Crippen molar-refractivity contribution in [3.05, 3.63) is 70.0 Å². The zero-order valence-corrected chi connectivity index (χ0v) is 11.5. The van der Waals surface area contributed by atoms with Crippen LogP contribution in [0.2, 0.25) is 5.02 Å². The van der Waals surface area contributed by atoms with E-state index < -0.39 is 23.5 Å². The van der Waals surface area contributed by atoms with Crippen molar-refractivity contribution in [1.82, 2.24) is 5.32 Å². The van der Waals surface area contributed by atoms with Crippen LogP contribution in [-0.4, -0.2) is 6.54 Å². The average molecular weight is 300 g/mol. The first-order chi connectivity index (χ1) is 9.54. The Balaban J connectivity index is 2.56. The summed E-state index contributed by atoms with van der Waals surface area (Å²) in [7, 11) is 0. The van der Waals surface area contributed by atoms with Gasteiger partial charge in [0, 0.05) is 5.56 Å². The van der Waals surface area contributed by atoms with E-state index >= 15 is 0 Å². The quantitative estimate of drug-likeness (QED) is 0.879. The van der Waals surface area contributed by atoms with Gasteiger partial charge in [-0.05, 0) is 36.4 Å². The number of nitrogens with one attached hydrogen (secondary N) is 1. The van der Waals surface area contributed by atoms with E-state index in [0.29, 0.717) is 12.1 Å². The molecule has 106 valence electrons. The number of benzene rings is 2. The van der Waals surface area contributed by atoms with Crippen molar-refractivity contribution in [2.45, 2.75) is 13.0 Å². The normalized spacial score (nSPS) is 12.4. The smallest absolute Gasteiger partial charge is 0.142 e. The SMILES string of the molecule is CCNC(c1cc(F)ccc1F)c1cccc(F)c1Cl. The van der Waals surface area contributed by atoms with E-state index in [1.807, 2.05) is 6.92 Å². The van der Waals surface area contributed by atoms with E-state index in [1.54, 1.807) is 6.07 Å². The summed E-state index contributed by atoms with van der Waals surface area (Å²) in [5.74, 6) is -1.72. The Morgan fingerprint density at radius 2 is 1.80 bits per heavy atom. The van der Waals surface area contributed by atoms with Crippen molar-refractivity contribution in [3.63, 3.8) is 0 Å². The minimum Gasteiger partial charge on any atom is -0.306 e. The third-order valence-electron chi connectivity index (χ3n) is 2.97. The molecule has 0 fully saturated rings. The number of hydrogen-bond donors (Lipinski definition) is 1. The molecule has 1 N–H and O–H groups in total. The van der Waals surface area contributed by atoms with Gasteiger partial charge in [0.25, 0.3) is 0 Å². The molecule has 1 atom stereocenters. The minimum atomic E-state index is -0.709. The van der Waals surface area contributed by atoms with Crippen LogP contribution in [0.25, 0.3) is 0 Å². The first-order valence-electron chi connectivity index (χ1n) is 6.16. The Morgan fingerprint density at radius 3 is 2.50 bits per heavy atom. The highest BCUT2D eigenvalue weighted by molar-refractivity contribution is 6.31. The highest BCUT2D eigenvalue weighted by Gasteiger charge is 2.21. The molecule has 0 amide bonds. The molecule has 5 heteroatoms. The van der Waals surface area contributed by atoms with E-state index in [9.17, 15) is 13.2 Å². The summed E-state index contributed by atoms with van der Waals surface area (Å²) in [5.41, 5.74) is 0.470. The highest BCUT2D eigenvalue weighted by Crippen LogP contribution is 2.31. The largest absolute Gasteiger partial charge is 0.306 e. The van der Waals surface area contributed by atoms with Gasteiger partial charge in [-0.1, -0.05) is 30.7 Å². The van der Waals surface area contributed by atoms with Crippen LogP contribution >= 0.6 is 11.6 Å². The van der Waals surface area contributed by atoms with Gasteiger partial charge in [-0.3, -0.25) is 0 Å². The zero-order valence-electron chi connectivity index (χ0n) is 10.8. The fourth-order valence-corrected chi connectivity index (χ4v) is 2.31. The summed E-state index contributed by atoms with van der Waals surface area (Å²) < 4.78 is 40.8. The Kier molecular flexibility index (Phi) is 4.68. The summed E-state index contributed by atoms with van der Waals surface area (Å²) >= 11 is 5.93. The van der Waals surface area contributed by atoms with E-state index in [-0.39, 0.29) is 10.6 Å². The fourth-order valence-electron chi connectivity index (χ4n) is 2.07. The lowest BCUT2D eigenvalue weighted by atomic mass is 9.97. The van der Waals surface area contributed by atoms with E-state index in [0.717, 1.165) is 18.2 Å². The standard InChI is InChI=1S/C15H13ClF3N/c1-2-20-15(10-4-3-5-13(19)14(10)16)11-8-9(17)6-7-12(11)18/h3-8,15,20H,2H2,1H3. The lowest BCUT2D eigenvalue weighted by Crippen LogP contribution is -2.23. The molecule has 0 spiro atoms. The number of halogens is 4. The van der Waals surface area contributed by atoms with Gasteiger partial charge in [0.15, 0.2) is 0 Å². The first-order valence-corrected chi connectivity index (χ1v) is 6.54. The van der Waals surface area contributed by atoms with Crippen molar-refractivity contribution >= 4 is 11.6 Å². The molecule has 0 aliphatic heterocycles. The molecule has 0 radical (unpaired) electrons. The van der Waals surface area contributed by atoms with Crippen LogP contribution in [0.4, 0.5) is 13.2 Å². The lowest BCUT2D eigenvalue weighted by molar-refractivity contribution is 0.542. The molecule has 0 bridgehead atoms. The lowest BCUT2D eigenvalue weighted by Gasteiger charge is -2.21. The maximum Gasteiger partial charge on any atom is 0.142 e. The van der Waals surface area contributed by atoms with Gasteiger partial charge in [0.2, 0.25) is 0 Å². The van der Waals surface area contributed by atoms with Crippen molar-refractivity contribution in [2.75, 3.05) is 6.54 Å². The second-order valence-electron chi connectivity index (χ2n) is 4.30. The van der Waals surface area contributed by atoms with Crippen LogP contribution in [-0.2, 0) is 0 Å². The molecule has 1 unspecified atom stereocenters. The summed E-state index contributed by atoms with van der Waals surface area (Å²) in [6.07, 6.45) is 0. The summed E-state index contributed by atoms with van der Waals surface area (Å²) in [5, 5.41) is 2.90. The summed E-state index contributed by atoms with van der Waals surface area (Å²) in [4.78, 5) is 0. The molecular weight excluding hydrogens is 287 g/mol. The molecular formula is C15H13ClF3N. The van der Waals surface area contributed by atoms with Crippen LogP contribution < -0.4 is 5.32 Å². The summed E-state index contributed by atoms with van der Waals surface area (Å²) in [6, 6.07) is 6.75. The first kappa shape index (κ1) is 14.9. The van der Waals surface area contributed by atoms with Crippen LogP contribution in [0, 0.1) is 17.5 Å². The van der Waals surface area contributed by atoms with Gasteiger partial charge >= 0.3 is 0 Å². The molecule has 2 aromatic rings. The fraction of sp³-hybridized carbons (Fsp3) is 0.200. The zero-order chi connectivity index (χ0) is 14.7. The average Bonchev–Trinajstić information content (AvgIpc) is 2.43. The van der Waals surface area contributed by atoms with Crippen molar-refractivity contribution in [2.24, 2.45) is 0 Å². The molecule has 0 saturated carbocycles. The van der Waals surface area contributed by atoms with Gasteiger partial charge in [-0.25, -0.2) is 13.2 Å². The maximum absolute atomic E-state index is 13.9. The van der Waals surface area contributed by atoms with Crippen LogP contribution in [0.1, 0.15) is 24.1 Å². The van der Waals surface area contributed by atoms with Crippen LogP contribution in [0.5, 0.6) is 0 Å². The molecule has 20 heavy (non-hydrogen) atoms. The van der Waals surface area contributed by atoms with Crippen molar-refractivity contribution < 1.29 is 13.2 Å². The molecule has 2 aromatic carbocycles. The monoisotopic (exact) mass is 299 g/mol. The molecule has 0 aromatic heterocycles. The van der Waals surface area contributed by atoms with Crippen LogP contribution in [0.15, 0.2) is 36.4 Å². The summed E-state index contributed by atoms with van der Waals surface area (Å²) in [6.45, 7) is 2.31. The van der Waals surface area contributed by atoms with Crippen molar-refractivity contribution in [1.29, 1.82) is 0 Å². The number of rotatable bonds is 4. The predicted octanol–water partition coefficient (Wildman–Crippen LogP) is 4.46. The second kappa shape index (κ2) is 6.29. The molecule has 1 nitrogen and oxygen atoms in total. The predicted molar refractivity (Wildman–Crippen MR) is 73.3 cm³/mol. The van der Waals surface area contributed by atoms with Gasteiger partial charge in [0.05, 0.1) is 11.1 Å². The Bertz CT molecular complexity index is 614. The van der Waals surface area contributed by atoms with Gasteiger partial charge in [-0.2, -0.15) is 0 Å². The van der Waals surface area contributed by atoms with Gasteiger partial charge in [0.1, 0.15) is 17.5 Å². The molecule has 0 saturated heterocycles. The topological polar surface area (TPSA) is 12.0 Å². The Morgan fingerprint density at radius 1 is 1.05 bits per heavy atom. The molecule has 0 aliphatic rings. The second-order valence-corrected chi connectivity index (χ2v) is 4.68. The maximum atomic E-state index is 13.9. The Hall–Kier alpha value is -1.52. The molecule has 0 heterocycles. The van der Waals surface area contributed by atoms with E-state index in [4.69, 9.17) is 11.6 Å². The van der Waals surface area contributed by atoms with E-state index in [2.05, 4.69) is 5.32 Å². The van der Waals surface area contributed by atoms with Crippen LogP contribution in [0.3, 0.4) is 0 Å². The van der Waals surface area contributed by atoms with Crippen molar-refractivity contribution in [3.8, 4) is 0 Å². The highest BCUT2D eigenvalue weighted by atomic mass is 35.5.